The van der Waals surface area contributed by atoms with E-state index in [0.717, 1.165) is 12.8 Å². The van der Waals surface area contributed by atoms with Gasteiger partial charge in [0.15, 0.2) is 0 Å². The fraction of sp³-hybridized carbons (Fsp3) is 0.412. The first-order valence-electron chi connectivity index (χ1n) is 7.20. The molecular formula is C17H21NO3. The normalized spacial score (nSPS) is 17.7. The number of hydrogen-bond acceptors (Lipinski definition) is 2. The topological polar surface area (TPSA) is 66.4 Å². The number of benzene rings is 1. The van der Waals surface area contributed by atoms with Crippen LogP contribution in [0.25, 0.3) is 0 Å². The Morgan fingerprint density at radius 3 is 2.48 bits per heavy atom. The summed E-state index contributed by atoms with van der Waals surface area (Å²) in [5.74, 6) is -0.528. The van der Waals surface area contributed by atoms with Crippen LogP contribution in [-0.4, -0.2) is 17.0 Å². The number of anilines is 1. The monoisotopic (exact) mass is 287 g/mol. The van der Waals surface area contributed by atoms with Crippen LogP contribution in [0.5, 0.6) is 0 Å². The number of carboxylic acids is 1. The van der Waals surface area contributed by atoms with E-state index in [4.69, 9.17) is 0 Å². The van der Waals surface area contributed by atoms with Crippen LogP contribution in [-0.2, 0) is 15.0 Å². The molecule has 2 N–H and O–H groups in total. The first kappa shape index (κ1) is 15.3. The van der Waals surface area contributed by atoms with E-state index >= 15 is 0 Å². The summed E-state index contributed by atoms with van der Waals surface area (Å²) in [4.78, 5) is 23.1. The molecule has 0 heterocycles. The Hall–Kier alpha value is -2.10. The van der Waals surface area contributed by atoms with E-state index in [-0.39, 0.29) is 5.91 Å². The van der Waals surface area contributed by atoms with E-state index in [1.54, 1.807) is 38.1 Å². The average molecular weight is 287 g/mol. The van der Waals surface area contributed by atoms with Crippen LogP contribution in [0.2, 0.25) is 0 Å². The number of carboxylic acid groups (broad SMARTS) is 1. The van der Waals surface area contributed by atoms with Crippen molar-refractivity contribution in [2.75, 3.05) is 5.32 Å². The summed E-state index contributed by atoms with van der Waals surface area (Å²) in [6.07, 6.45) is 6.80. The molecule has 0 aromatic heterocycles. The second kappa shape index (κ2) is 6.12. The highest BCUT2D eigenvalue weighted by atomic mass is 16.4. The maximum atomic E-state index is 11.9. The Labute approximate surface area is 124 Å². The summed E-state index contributed by atoms with van der Waals surface area (Å²) < 4.78 is 0. The largest absolute Gasteiger partial charge is 0.481 e. The van der Waals surface area contributed by atoms with Crippen molar-refractivity contribution in [2.24, 2.45) is 5.92 Å². The van der Waals surface area contributed by atoms with Gasteiger partial charge in [-0.05, 0) is 50.3 Å². The van der Waals surface area contributed by atoms with Gasteiger partial charge in [-0.2, -0.15) is 0 Å². The molecule has 112 valence electrons. The van der Waals surface area contributed by atoms with Gasteiger partial charge >= 0.3 is 5.97 Å². The van der Waals surface area contributed by atoms with Crippen LogP contribution in [0.15, 0.2) is 36.4 Å². The molecule has 0 saturated heterocycles. The quantitative estimate of drug-likeness (QED) is 0.816. The van der Waals surface area contributed by atoms with Gasteiger partial charge in [0.2, 0.25) is 5.91 Å². The van der Waals surface area contributed by atoms with Crippen LogP contribution in [0, 0.1) is 5.92 Å². The van der Waals surface area contributed by atoms with Crippen molar-refractivity contribution in [2.45, 2.75) is 38.5 Å². The van der Waals surface area contributed by atoms with Crippen molar-refractivity contribution in [1.29, 1.82) is 0 Å². The van der Waals surface area contributed by atoms with Crippen molar-refractivity contribution in [3.8, 4) is 0 Å². The molecule has 0 radical (unpaired) electrons. The third kappa shape index (κ3) is 3.72. The molecule has 0 spiro atoms. The van der Waals surface area contributed by atoms with Crippen LogP contribution in [0.1, 0.15) is 38.7 Å². The van der Waals surface area contributed by atoms with E-state index in [2.05, 4.69) is 17.5 Å². The molecule has 0 saturated carbocycles. The number of hydrogen-bond donors (Lipinski definition) is 2. The highest BCUT2D eigenvalue weighted by Gasteiger charge is 2.29. The van der Waals surface area contributed by atoms with E-state index in [9.17, 15) is 14.7 Å². The van der Waals surface area contributed by atoms with Gasteiger partial charge in [-0.25, -0.2) is 0 Å². The SMILES string of the molecule is CC(C)(C(=O)O)c1ccc(NC(=O)CC2C=CCC2)cc1. The maximum Gasteiger partial charge on any atom is 0.313 e. The van der Waals surface area contributed by atoms with E-state index in [1.807, 2.05) is 0 Å². The molecule has 1 aromatic carbocycles. The molecule has 1 amide bonds. The average Bonchev–Trinajstić information content (AvgIpc) is 2.91. The maximum absolute atomic E-state index is 11.9. The Kier molecular flexibility index (Phi) is 4.46. The molecule has 4 nitrogen and oxygen atoms in total. The number of rotatable bonds is 5. The number of aliphatic carboxylic acids is 1. The van der Waals surface area contributed by atoms with Crippen molar-refractivity contribution in [3.63, 3.8) is 0 Å². The Balaban J connectivity index is 1.97. The van der Waals surface area contributed by atoms with Gasteiger partial charge in [0.1, 0.15) is 0 Å². The molecule has 2 rings (SSSR count). The lowest BCUT2D eigenvalue weighted by molar-refractivity contribution is -0.142. The molecule has 1 unspecified atom stereocenters. The summed E-state index contributed by atoms with van der Waals surface area (Å²) in [5.41, 5.74) is 0.482. The molecule has 1 aromatic rings. The summed E-state index contributed by atoms with van der Waals surface area (Å²) in [7, 11) is 0. The zero-order valence-electron chi connectivity index (χ0n) is 12.4. The summed E-state index contributed by atoms with van der Waals surface area (Å²) in [5, 5.41) is 12.0. The predicted octanol–water partition coefficient (Wildman–Crippen LogP) is 3.34. The smallest absolute Gasteiger partial charge is 0.313 e. The molecule has 0 bridgehead atoms. The second-order valence-electron chi connectivity index (χ2n) is 6.03. The van der Waals surface area contributed by atoms with Crippen molar-refractivity contribution in [1.82, 2.24) is 0 Å². The van der Waals surface area contributed by atoms with Crippen LogP contribution in [0.3, 0.4) is 0 Å². The minimum Gasteiger partial charge on any atom is -0.481 e. The standard InChI is InChI=1S/C17H21NO3/c1-17(2,16(20)21)13-7-9-14(10-8-13)18-15(19)11-12-5-3-4-6-12/h3,5,7-10,12H,4,6,11H2,1-2H3,(H,18,19)(H,20,21). The number of carbonyl (C=O) groups excluding carboxylic acids is 1. The van der Waals surface area contributed by atoms with Crippen LogP contribution < -0.4 is 5.32 Å². The third-order valence-electron chi connectivity index (χ3n) is 3.98. The molecule has 21 heavy (non-hydrogen) atoms. The van der Waals surface area contributed by atoms with Gasteiger partial charge in [-0.15, -0.1) is 0 Å². The lowest BCUT2D eigenvalue weighted by Gasteiger charge is -2.20. The van der Waals surface area contributed by atoms with Gasteiger partial charge in [0.05, 0.1) is 5.41 Å². The van der Waals surface area contributed by atoms with Gasteiger partial charge in [-0.1, -0.05) is 24.3 Å². The summed E-state index contributed by atoms with van der Waals surface area (Å²) in [6, 6.07) is 7.00. The molecule has 4 heteroatoms. The fourth-order valence-corrected chi connectivity index (χ4v) is 2.41. The zero-order valence-corrected chi connectivity index (χ0v) is 12.4. The number of carbonyl (C=O) groups is 2. The Morgan fingerprint density at radius 2 is 1.95 bits per heavy atom. The van der Waals surface area contributed by atoms with Gasteiger partial charge < -0.3 is 10.4 Å². The Bertz CT molecular complexity index is 558. The van der Waals surface area contributed by atoms with Crippen LogP contribution in [0.4, 0.5) is 5.69 Å². The summed E-state index contributed by atoms with van der Waals surface area (Å²) in [6.45, 7) is 3.32. The second-order valence-corrected chi connectivity index (χ2v) is 6.03. The Morgan fingerprint density at radius 1 is 1.29 bits per heavy atom. The summed E-state index contributed by atoms with van der Waals surface area (Å²) >= 11 is 0. The molecule has 0 fully saturated rings. The number of amides is 1. The first-order chi connectivity index (χ1) is 9.89. The van der Waals surface area contributed by atoms with Gasteiger partial charge in [0.25, 0.3) is 0 Å². The number of nitrogens with one attached hydrogen (secondary N) is 1. The molecule has 1 aliphatic rings. The molecule has 1 aliphatic carbocycles. The molecule has 1 atom stereocenters. The lowest BCUT2D eigenvalue weighted by atomic mass is 9.85. The molecule has 0 aliphatic heterocycles. The van der Waals surface area contributed by atoms with Gasteiger partial charge in [-0.3, -0.25) is 9.59 Å². The van der Waals surface area contributed by atoms with E-state index < -0.39 is 11.4 Å². The van der Waals surface area contributed by atoms with Crippen molar-refractivity contribution in [3.05, 3.63) is 42.0 Å². The third-order valence-corrected chi connectivity index (χ3v) is 3.98. The van der Waals surface area contributed by atoms with Gasteiger partial charge in [0, 0.05) is 12.1 Å². The highest BCUT2D eigenvalue weighted by molar-refractivity contribution is 5.91. The lowest BCUT2D eigenvalue weighted by Crippen LogP contribution is -2.28. The number of allylic oxidation sites excluding steroid dienone is 2. The fourth-order valence-electron chi connectivity index (χ4n) is 2.41. The van der Waals surface area contributed by atoms with Crippen molar-refractivity contribution < 1.29 is 14.7 Å². The van der Waals surface area contributed by atoms with E-state index in [0.29, 0.717) is 23.6 Å². The molecular weight excluding hydrogens is 266 g/mol. The van der Waals surface area contributed by atoms with E-state index in [1.165, 1.54) is 0 Å². The highest BCUT2D eigenvalue weighted by Crippen LogP contribution is 2.25. The zero-order chi connectivity index (χ0) is 15.5. The minimum absolute atomic E-state index is 0.00297. The first-order valence-corrected chi connectivity index (χ1v) is 7.20. The van der Waals surface area contributed by atoms with Crippen LogP contribution >= 0.6 is 0 Å². The minimum atomic E-state index is -0.933. The predicted molar refractivity (Wildman–Crippen MR) is 82.2 cm³/mol. The van der Waals surface area contributed by atoms with Crippen molar-refractivity contribution >= 4 is 17.6 Å².